The molecule has 2 aromatic rings. The normalized spacial score (nSPS) is 16.3. The van der Waals surface area contributed by atoms with Crippen LogP contribution in [0.1, 0.15) is 35.2 Å². The number of piperidine rings is 1. The van der Waals surface area contributed by atoms with Crippen LogP contribution in [0, 0.1) is 6.92 Å². The molecule has 1 amide bonds. The molecule has 0 radical (unpaired) electrons. The fourth-order valence-electron chi connectivity index (χ4n) is 3.18. The van der Waals surface area contributed by atoms with Gasteiger partial charge in [-0.15, -0.1) is 0 Å². The highest BCUT2D eigenvalue weighted by Crippen LogP contribution is 2.22. The van der Waals surface area contributed by atoms with Crippen LogP contribution in [0.3, 0.4) is 0 Å². The molecule has 3 rings (SSSR count). The zero-order valence-corrected chi connectivity index (χ0v) is 14.1. The highest BCUT2D eigenvalue weighted by Gasteiger charge is 2.28. The lowest BCUT2D eigenvalue weighted by atomic mass is 10.0. The number of alkyl halides is 3. The van der Waals surface area contributed by atoms with Crippen molar-refractivity contribution in [3.63, 3.8) is 0 Å². The first-order chi connectivity index (χ1) is 11.8. The summed E-state index contributed by atoms with van der Waals surface area (Å²) in [6.07, 6.45) is 1.06. The van der Waals surface area contributed by atoms with Gasteiger partial charge < -0.3 is 5.32 Å². The second kappa shape index (κ2) is 7.03. The highest BCUT2D eigenvalue weighted by molar-refractivity contribution is 6.00. The first kappa shape index (κ1) is 17.7. The molecule has 0 bridgehead atoms. The first-order valence-electron chi connectivity index (χ1n) is 8.37. The van der Waals surface area contributed by atoms with Crippen LogP contribution in [0.5, 0.6) is 0 Å². The molecule has 1 aliphatic rings. The van der Waals surface area contributed by atoms with E-state index in [1.165, 1.54) is 25.3 Å². The van der Waals surface area contributed by atoms with E-state index >= 15 is 0 Å². The van der Waals surface area contributed by atoms with Crippen molar-refractivity contribution in [1.82, 2.24) is 20.0 Å². The van der Waals surface area contributed by atoms with E-state index in [4.69, 9.17) is 0 Å². The van der Waals surface area contributed by atoms with E-state index in [1.54, 1.807) is 13.0 Å². The maximum absolute atomic E-state index is 12.3. The summed E-state index contributed by atoms with van der Waals surface area (Å²) in [4.78, 5) is 14.4. The molecular weight excluding hydrogens is 333 g/mol. The van der Waals surface area contributed by atoms with E-state index in [-0.39, 0.29) is 5.56 Å². The van der Waals surface area contributed by atoms with E-state index in [2.05, 4.69) is 10.00 Å². The number of hydrogen-bond donors (Lipinski definition) is 1. The summed E-state index contributed by atoms with van der Waals surface area (Å²) in [5.74, 6) is -0.722. The summed E-state index contributed by atoms with van der Waals surface area (Å²) >= 11 is 0. The average Bonchev–Trinajstić information content (AvgIpc) is 2.97. The topological polar surface area (TPSA) is 50.2 Å². The van der Waals surface area contributed by atoms with Crippen molar-refractivity contribution in [2.45, 2.75) is 39.0 Å². The van der Waals surface area contributed by atoms with E-state index < -0.39 is 18.6 Å². The van der Waals surface area contributed by atoms with Gasteiger partial charge in [0.15, 0.2) is 0 Å². The molecule has 2 heterocycles. The van der Waals surface area contributed by atoms with Gasteiger partial charge in [-0.1, -0.05) is 6.42 Å². The molecule has 1 aromatic heterocycles. The number of nitrogens with one attached hydrogen (secondary N) is 1. The largest absolute Gasteiger partial charge is 0.405 e. The van der Waals surface area contributed by atoms with Crippen molar-refractivity contribution in [3.05, 3.63) is 29.5 Å². The lowest BCUT2D eigenvalue weighted by molar-refractivity contribution is -0.123. The van der Waals surface area contributed by atoms with Gasteiger partial charge in [-0.05, 0) is 50.6 Å². The third kappa shape index (κ3) is 4.31. The summed E-state index contributed by atoms with van der Waals surface area (Å²) in [7, 11) is 0. The fourth-order valence-corrected chi connectivity index (χ4v) is 3.18. The van der Waals surface area contributed by atoms with Crippen molar-refractivity contribution in [2.75, 3.05) is 19.6 Å². The minimum atomic E-state index is -4.42. The molecule has 0 aliphatic carbocycles. The number of carbonyl (C=O) groups is 1. The van der Waals surface area contributed by atoms with Gasteiger partial charge in [0.2, 0.25) is 0 Å². The minimum Gasteiger partial charge on any atom is -0.343 e. The van der Waals surface area contributed by atoms with Crippen LogP contribution in [0.15, 0.2) is 18.3 Å². The number of amides is 1. The second-order valence-corrected chi connectivity index (χ2v) is 6.46. The van der Waals surface area contributed by atoms with E-state index in [0.717, 1.165) is 24.0 Å². The summed E-state index contributed by atoms with van der Waals surface area (Å²) in [5, 5.41) is 7.22. The summed E-state index contributed by atoms with van der Waals surface area (Å²) in [6, 6.07) is 3.21. The van der Waals surface area contributed by atoms with Crippen molar-refractivity contribution >= 4 is 16.8 Å². The van der Waals surface area contributed by atoms with Gasteiger partial charge in [0.05, 0.1) is 12.2 Å². The Morgan fingerprint density at radius 2 is 1.96 bits per heavy atom. The zero-order chi connectivity index (χ0) is 18.0. The second-order valence-electron chi connectivity index (χ2n) is 6.46. The van der Waals surface area contributed by atoms with Crippen molar-refractivity contribution in [1.29, 1.82) is 0 Å². The molecule has 1 aromatic carbocycles. The number of carbonyl (C=O) groups excluding carboxylic acids is 1. The Morgan fingerprint density at radius 1 is 1.24 bits per heavy atom. The number of benzene rings is 1. The molecule has 0 saturated carbocycles. The van der Waals surface area contributed by atoms with Crippen LogP contribution in [0.25, 0.3) is 10.9 Å². The average molecular weight is 354 g/mol. The predicted molar refractivity (Wildman–Crippen MR) is 88.3 cm³/mol. The molecule has 136 valence electrons. The number of nitrogens with zero attached hydrogens (tertiary/aromatic N) is 3. The molecule has 0 unspecified atom stereocenters. The predicted octanol–water partition coefficient (Wildman–Crippen LogP) is 3.08. The Balaban J connectivity index is 1.78. The summed E-state index contributed by atoms with van der Waals surface area (Å²) in [5.41, 5.74) is 1.62. The first-order valence-corrected chi connectivity index (χ1v) is 8.37. The van der Waals surface area contributed by atoms with E-state index in [1.807, 2.05) is 16.2 Å². The molecule has 1 aliphatic heterocycles. The Hall–Kier alpha value is -2.09. The van der Waals surface area contributed by atoms with Crippen molar-refractivity contribution in [2.24, 2.45) is 0 Å². The Morgan fingerprint density at radius 3 is 2.64 bits per heavy atom. The fraction of sp³-hybridized carbons (Fsp3) is 0.529. The van der Waals surface area contributed by atoms with Gasteiger partial charge in [0.25, 0.3) is 5.91 Å². The summed E-state index contributed by atoms with van der Waals surface area (Å²) in [6.45, 7) is 3.17. The third-order valence-electron chi connectivity index (χ3n) is 4.49. The smallest absolute Gasteiger partial charge is 0.343 e. The molecule has 0 spiro atoms. The number of fused-ring (bicyclic) bond motifs is 1. The van der Waals surface area contributed by atoms with E-state index in [0.29, 0.717) is 12.2 Å². The van der Waals surface area contributed by atoms with Gasteiger partial charge in [-0.3, -0.25) is 14.4 Å². The van der Waals surface area contributed by atoms with Crippen LogP contribution in [-0.2, 0) is 6.67 Å². The molecule has 5 nitrogen and oxygen atoms in total. The molecular formula is C17H21F3N4O. The van der Waals surface area contributed by atoms with Crippen molar-refractivity contribution in [3.8, 4) is 0 Å². The maximum atomic E-state index is 12.3. The standard InChI is InChI=1S/C17H21F3N4O/c1-12-13(16(25)21-10-17(18,19)20)5-6-15-14(12)9-24(22-15)11-23-7-3-2-4-8-23/h5-6,9H,2-4,7-8,10-11H2,1H3,(H,21,25). The number of likely N-dealkylation sites (tertiary alicyclic amines) is 1. The molecule has 1 N–H and O–H groups in total. The lowest BCUT2D eigenvalue weighted by Gasteiger charge is -2.25. The highest BCUT2D eigenvalue weighted by atomic mass is 19.4. The van der Waals surface area contributed by atoms with E-state index in [9.17, 15) is 18.0 Å². The Labute approximate surface area is 143 Å². The Bertz CT molecular complexity index is 763. The molecule has 25 heavy (non-hydrogen) atoms. The number of hydrogen-bond acceptors (Lipinski definition) is 3. The number of aryl methyl sites for hydroxylation is 1. The van der Waals surface area contributed by atoms with Crippen LogP contribution in [0.2, 0.25) is 0 Å². The van der Waals surface area contributed by atoms with Gasteiger partial charge in [-0.2, -0.15) is 18.3 Å². The number of aromatic nitrogens is 2. The van der Waals surface area contributed by atoms with Gasteiger partial charge in [0, 0.05) is 17.1 Å². The maximum Gasteiger partial charge on any atom is 0.405 e. The quantitative estimate of drug-likeness (QED) is 0.918. The summed E-state index contributed by atoms with van der Waals surface area (Å²) < 4.78 is 38.7. The molecule has 1 fully saturated rings. The van der Waals surface area contributed by atoms with Crippen LogP contribution in [-0.4, -0.2) is 46.4 Å². The van der Waals surface area contributed by atoms with Gasteiger partial charge in [0.1, 0.15) is 6.54 Å². The monoisotopic (exact) mass is 354 g/mol. The van der Waals surface area contributed by atoms with Crippen LogP contribution in [0.4, 0.5) is 13.2 Å². The molecule has 8 heteroatoms. The SMILES string of the molecule is Cc1c(C(=O)NCC(F)(F)F)ccc2nn(CN3CCCCC3)cc12. The van der Waals surface area contributed by atoms with Crippen molar-refractivity contribution < 1.29 is 18.0 Å². The minimum absolute atomic E-state index is 0.245. The van der Waals surface area contributed by atoms with Crippen LogP contribution >= 0.6 is 0 Å². The van der Waals surface area contributed by atoms with Crippen LogP contribution < -0.4 is 5.32 Å². The van der Waals surface area contributed by atoms with Gasteiger partial charge in [-0.25, -0.2) is 0 Å². The molecule has 0 atom stereocenters. The number of rotatable bonds is 4. The number of halogens is 3. The zero-order valence-electron chi connectivity index (χ0n) is 14.1. The third-order valence-corrected chi connectivity index (χ3v) is 4.49. The van der Waals surface area contributed by atoms with Gasteiger partial charge >= 0.3 is 6.18 Å². The molecule has 1 saturated heterocycles. The Kier molecular flexibility index (Phi) is 4.99. The lowest BCUT2D eigenvalue weighted by Crippen LogP contribution is -2.34.